The number of carbonyl (C=O) groups is 2. The van der Waals surface area contributed by atoms with Crippen molar-refractivity contribution in [1.82, 2.24) is 4.90 Å². The van der Waals surface area contributed by atoms with Gasteiger partial charge < -0.3 is 10.2 Å². The minimum absolute atomic E-state index is 0.0549. The number of rotatable bonds is 5. The molecular formula is C24H26N2O2S. The molecule has 2 amide bonds. The fourth-order valence-electron chi connectivity index (χ4n) is 4.18. The van der Waals surface area contributed by atoms with Crippen molar-refractivity contribution in [3.05, 3.63) is 66.2 Å². The number of nitrogens with one attached hydrogen (secondary N) is 1. The zero-order chi connectivity index (χ0) is 20.3. The molecule has 1 aliphatic heterocycles. The van der Waals surface area contributed by atoms with Crippen molar-refractivity contribution in [2.75, 3.05) is 24.7 Å². The van der Waals surface area contributed by atoms with Gasteiger partial charge in [0.15, 0.2) is 0 Å². The van der Waals surface area contributed by atoms with Gasteiger partial charge in [0.1, 0.15) is 0 Å². The van der Waals surface area contributed by atoms with E-state index in [4.69, 9.17) is 0 Å². The van der Waals surface area contributed by atoms with Crippen molar-refractivity contribution in [2.45, 2.75) is 24.2 Å². The third-order valence-corrected chi connectivity index (χ3v) is 6.90. The van der Waals surface area contributed by atoms with Crippen LogP contribution in [0, 0.1) is 11.3 Å². The maximum atomic E-state index is 12.7. The first-order valence-electron chi connectivity index (χ1n) is 10.1. The molecule has 1 atom stereocenters. The molecule has 2 fully saturated rings. The van der Waals surface area contributed by atoms with Crippen molar-refractivity contribution in [3.8, 4) is 0 Å². The Bertz CT molecular complexity index is 900. The lowest BCUT2D eigenvalue weighted by molar-refractivity contribution is -0.127. The molecule has 1 saturated heterocycles. The summed E-state index contributed by atoms with van der Waals surface area (Å²) in [5.74, 6) is 0.240. The van der Waals surface area contributed by atoms with Gasteiger partial charge in [0.2, 0.25) is 11.8 Å². The molecule has 1 spiro atoms. The maximum Gasteiger partial charge on any atom is 0.246 e. The van der Waals surface area contributed by atoms with E-state index in [9.17, 15) is 9.59 Å². The van der Waals surface area contributed by atoms with Crippen LogP contribution < -0.4 is 5.32 Å². The van der Waals surface area contributed by atoms with E-state index in [1.807, 2.05) is 71.8 Å². The van der Waals surface area contributed by atoms with Gasteiger partial charge in [-0.25, -0.2) is 0 Å². The monoisotopic (exact) mass is 406 g/mol. The zero-order valence-electron chi connectivity index (χ0n) is 16.6. The van der Waals surface area contributed by atoms with E-state index in [-0.39, 0.29) is 23.1 Å². The SMILES string of the molecule is CSc1ccc(NC(=O)C2CC23CCN(C(=O)/C=C/c2ccccc2)CC3)cc1. The van der Waals surface area contributed by atoms with Gasteiger partial charge in [0.25, 0.3) is 0 Å². The van der Waals surface area contributed by atoms with Crippen LogP contribution in [0.2, 0.25) is 0 Å². The summed E-state index contributed by atoms with van der Waals surface area (Å²) in [5, 5.41) is 3.06. The Labute approximate surface area is 176 Å². The van der Waals surface area contributed by atoms with E-state index >= 15 is 0 Å². The van der Waals surface area contributed by atoms with Crippen LogP contribution in [-0.2, 0) is 9.59 Å². The molecule has 2 aromatic carbocycles. The van der Waals surface area contributed by atoms with Gasteiger partial charge in [0, 0.05) is 35.7 Å². The number of thioether (sulfide) groups is 1. The first-order chi connectivity index (χ1) is 14.1. The van der Waals surface area contributed by atoms with E-state index in [1.165, 1.54) is 4.90 Å². The van der Waals surface area contributed by atoms with Gasteiger partial charge in [-0.15, -0.1) is 11.8 Å². The van der Waals surface area contributed by atoms with Gasteiger partial charge in [-0.2, -0.15) is 0 Å². The fourth-order valence-corrected chi connectivity index (χ4v) is 4.59. The van der Waals surface area contributed by atoms with Crippen LogP contribution in [0.15, 0.2) is 65.6 Å². The molecule has 1 aliphatic carbocycles. The van der Waals surface area contributed by atoms with Crippen LogP contribution in [0.4, 0.5) is 5.69 Å². The Morgan fingerprint density at radius 1 is 1.07 bits per heavy atom. The van der Waals surface area contributed by atoms with Crippen LogP contribution in [0.25, 0.3) is 6.08 Å². The highest BCUT2D eigenvalue weighted by molar-refractivity contribution is 7.98. The molecule has 1 N–H and O–H groups in total. The molecule has 2 aromatic rings. The summed E-state index contributed by atoms with van der Waals surface area (Å²) < 4.78 is 0. The highest BCUT2D eigenvalue weighted by atomic mass is 32.2. The molecule has 2 aliphatic rings. The minimum Gasteiger partial charge on any atom is -0.339 e. The molecular weight excluding hydrogens is 380 g/mol. The van der Waals surface area contributed by atoms with E-state index in [1.54, 1.807) is 17.8 Å². The highest BCUT2D eigenvalue weighted by Gasteiger charge is 2.58. The minimum atomic E-state index is 0.0549. The number of amides is 2. The fraction of sp³-hybridized carbons (Fsp3) is 0.333. The number of hydrogen-bond donors (Lipinski definition) is 1. The molecule has 1 heterocycles. The number of likely N-dealkylation sites (tertiary alicyclic amines) is 1. The van der Waals surface area contributed by atoms with Crippen molar-refractivity contribution >= 4 is 35.3 Å². The maximum absolute atomic E-state index is 12.7. The van der Waals surface area contributed by atoms with Gasteiger partial charge in [0.05, 0.1) is 0 Å². The number of carbonyl (C=O) groups excluding carboxylic acids is 2. The molecule has 150 valence electrons. The van der Waals surface area contributed by atoms with E-state index in [2.05, 4.69) is 5.32 Å². The van der Waals surface area contributed by atoms with Gasteiger partial charge in [-0.3, -0.25) is 9.59 Å². The van der Waals surface area contributed by atoms with Crippen molar-refractivity contribution in [2.24, 2.45) is 11.3 Å². The molecule has 0 bridgehead atoms. The van der Waals surface area contributed by atoms with Crippen molar-refractivity contribution in [1.29, 1.82) is 0 Å². The third-order valence-electron chi connectivity index (χ3n) is 6.15. The van der Waals surface area contributed by atoms with Crippen LogP contribution in [0.3, 0.4) is 0 Å². The molecule has 4 rings (SSSR count). The summed E-state index contributed by atoms with van der Waals surface area (Å²) in [6.07, 6.45) is 8.30. The van der Waals surface area contributed by atoms with Gasteiger partial charge in [-0.1, -0.05) is 30.3 Å². The average Bonchev–Trinajstić information content (AvgIpc) is 3.47. The topological polar surface area (TPSA) is 49.4 Å². The van der Waals surface area contributed by atoms with Crippen LogP contribution >= 0.6 is 11.8 Å². The normalized spacial score (nSPS) is 20.0. The number of anilines is 1. The summed E-state index contributed by atoms with van der Waals surface area (Å²) in [5.41, 5.74) is 1.97. The summed E-state index contributed by atoms with van der Waals surface area (Å²) >= 11 is 1.69. The molecule has 1 unspecified atom stereocenters. The number of nitrogens with zero attached hydrogens (tertiary/aromatic N) is 1. The lowest BCUT2D eigenvalue weighted by Crippen LogP contribution is -2.39. The summed E-state index contributed by atoms with van der Waals surface area (Å²) in [7, 11) is 0. The number of piperidine rings is 1. The summed E-state index contributed by atoms with van der Waals surface area (Å²) in [4.78, 5) is 28.2. The summed E-state index contributed by atoms with van der Waals surface area (Å²) in [6.45, 7) is 1.45. The molecule has 29 heavy (non-hydrogen) atoms. The third kappa shape index (κ3) is 4.56. The Kier molecular flexibility index (Phi) is 5.76. The predicted molar refractivity (Wildman–Crippen MR) is 119 cm³/mol. The standard InChI is InChI=1S/C24H26N2O2S/c1-29-20-10-8-19(9-11-20)25-23(28)21-17-24(21)13-15-26(16-14-24)22(27)12-7-18-5-3-2-4-6-18/h2-12,21H,13-17H2,1H3,(H,25,28)/b12-7+. The first kappa shape index (κ1) is 19.8. The second kappa shape index (κ2) is 8.46. The lowest BCUT2D eigenvalue weighted by atomic mass is 9.90. The van der Waals surface area contributed by atoms with Crippen LogP contribution in [0.1, 0.15) is 24.8 Å². The molecule has 0 radical (unpaired) electrons. The Balaban J connectivity index is 1.27. The lowest BCUT2D eigenvalue weighted by Gasteiger charge is -2.32. The van der Waals surface area contributed by atoms with Crippen molar-refractivity contribution in [3.63, 3.8) is 0 Å². The number of benzene rings is 2. The van der Waals surface area contributed by atoms with E-state index in [0.29, 0.717) is 0 Å². The van der Waals surface area contributed by atoms with Gasteiger partial charge >= 0.3 is 0 Å². The second-order valence-electron chi connectivity index (χ2n) is 7.91. The predicted octanol–water partition coefficient (Wildman–Crippen LogP) is 4.69. The molecule has 4 nitrogen and oxygen atoms in total. The van der Waals surface area contributed by atoms with Crippen molar-refractivity contribution < 1.29 is 9.59 Å². The zero-order valence-corrected chi connectivity index (χ0v) is 17.5. The average molecular weight is 407 g/mol. The van der Waals surface area contributed by atoms with E-state index < -0.39 is 0 Å². The quantitative estimate of drug-likeness (QED) is 0.579. The highest BCUT2D eigenvalue weighted by Crippen LogP contribution is 2.59. The first-order valence-corrected chi connectivity index (χ1v) is 11.3. The van der Waals surface area contributed by atoms with Gasteiger partial charge in [-0.05, 0) is 66.8 Å². The Hall–Kier alpha value is -2.53. The second-order valence-corrected chi connectivity index (χ2v) is 8.79. The Morgan fingerprint density at radius 3 is 2.41 bits per heavy atom. The van der Waals surface area contributed by atoms with Crippen LogP contribution in [-0.4, -0.2) is 36.1 Å². The number of hydrogen-bond acceptors (Lipinski definition) is 3. The summed E-state index contributed by atoms with van der Waals surface area (Å²) in [6, 6.07) is 17.8. The molecule has 0 aromatic heterocycles. The molecule has 1 saturated carbocycles. The van der Waals surface area contributed by atoms with Crippen LogP contribution in [0.5, 0.6) is 0 Å². The molecule has 5 heteroatoms. The Morgan fingerprint density at radius 2 is 1.76 bits per heavy atom. The van der Waals surface area contributed by atoms with E-state index in [0.717, 1.165) is 43.6 Å². The smallest absolute Gasteiger partial charge is 0.246 e. The largest absolute Gasteiger partial charge is 0.339 e.